The molecule has 5 nitrogen and oxygen atoms in total. The number of benzene rings is 1. The minimum Gasteiger partial charge on any atom is -0.497 e. The highest BCUT2D eigenvalue weighted by Crippen LogP contribution is 2.29. The molecule has 0 aromatic heterocycles. The molecular formula is C14H20N2O3S. The molecule has 2 saturated heterocycles. The highest BCUT2D eigenvalue weighted by Gasteiger charge is 2.40. The van der Waals surface area contributed by atoms with E-state index in [1.165, 1.54) is 0 Å². The van der Waals surface area contributed by atoms with Crippen LogP contribution in [0.25, 0.3) is 0 Å². The van der Waals surface area contributed by atoms with Crippen LogP contribution < -0.4 is 10.1 Å². The SMILES string of the molecule is COc1ccc(S(=O)(=O)N2C[C@@H]3CCCN[C@@H]3C2)cc1. The molecule has 110 valence electrons. The van der Waals surface area contributed by atoms with E-state index >= 15 is 0 Å². The number of piperidine rings is 1. The number of rotatable bonds is 3. The van der Waals surface area contributed by atoms with Gasteiger partial charge in [0.05, 0.1) is 12.0 Å². The quantitative estimate of drug-likeness (QED) is 0.906. The minimum atomic E-state index is -3.38. The van der Waals surface area contributed by atoms with Crippen molar-refractivity contribution in [2.45, 2.75) is 23.8 Å². The fourth-order valence-corrected chi connectivity index (χ4v) is 4.62. The molecule has 2 atom stereocenters. The third-order valence-corrected chi connectivity index (χ3v) is 6.11. The third kappa shape index (κ3) is 2.43. The van der Waals surface area contributed by atoms with Gasteiger partial charge in [0.2, 0.25) is 10.0 Å². The van der Waals surface area contributed by atoms with Gasteiger partial charge < -0.3 is 10.1 Å². The average Bonchev–Trinajstić information content (AvgIpc) is 2.92. The van der Waals surface area contributed by atoms with E-state index in [0.29, 0.717) is 35.7 Å². The van der Waals surface area contributed by atoms with E-state index in [0.717, 1.165) is 19.4 Å². The molecule has 2 heterocycles. The van der Waals surface area contributed by atoms with E-state index < -0.39 is 10.0 Å². The number of sulfonamides is 1. The van der Waals surface area contributed by atoms with Gasteiger partial charge in [-0.2, -0.15) is 4.31 Å². The lowest BCUT2D eigenvalue weighted by Crippen LogP contribution is -2.41. The summed E-state index contributed by atoms with van der Waals surface area (Å²) in [5.41, 5.74) is 0. The van der Waals surface area contributed by atoms with E-state index in [4.69, 9.17) is 4.74 Å². The van der Waals surface area contributed by atoms with Crippen LogP contribution in [0.1, 0.15) is 12.8 Å². The lowest BCUT2D eigenvalue weighted by atomic mass is 9.94. The number of hydrogen-bond acceptors (Lipinski definition) is 4. The smallest absolute Gasteiger partial charge is 0.243 e. The summed E-state index contributed by atoms with van der Waals surface area (Å²) in [4.78, 5) is 0.344. The number of ether oxygens (including phenoxy) is 1. The van der Waals surface area contributed by atoms with Crippen LogP contribution in [0.15, 0.2) is 29.2 Å². The molecule has 0 aliphatic carbocycles. The Labute approximate surface area is 120 Å². The lowest BCUT2D eigenvalue weighted by molar-refractivity contribution is 0.339. The average molecular weight is 296 g/mol. The predicted molar refractivity (Wildman–Crippen MR) is 76.3 cm³/mol. The molecule has 2 fully saturated rings. The molecule has 0 unspecified atom stereocenters. The summed E-state index contributed by atoms with van der Waals surface area (Å²) in [7, 11) is -1.81. The van der Waals surface area contributed by atoms with Crippen molar-refractivity contribution in [3.63, 3.8) is 0 Å². The van der Waals surface area contributed by atoms with Gasteiger partial charge in [-0.15, -0.1) is 0 Å². The normalized spacial score (nSPS) is 27.2. The van der Waals surface area contributed by atoms with E-state index in [-0.39, 0.29) is 0 Å². The molecule has 3 rings (SSSR count). The van der Waals surface area contributed by atoms with Gasteiger partial charge in [-0.1, -0.05) is 0 Å². The zero-order chi connectivity index (χ0) is 14.2. The van der Waals surface area contributed by atoms with Gasteiger partial charge in [-0.05, 0) is 49.6 Å². The van der Waals surface area contributed by atoms with Crippen LogP contribution in [0.2, 0.25) is 0 Å². The highest BCUT2D eigenvalue weighted by atomic mass is 32.2. The topological polar surface area (TPSA) is 58.6 Å². The van der Waals surface area contributed by atoms with Gasteiger partial charge in [0, 0.05) is 19.1 Å². The first kappa shape index (κ1) is 13.9. The summed E-state index contributed by atoms with van der Waals surface area (Å²) in [6.45, 7) is 2.21. The number of hydrogen-bond donors (Lipinski definition) is 1. The second-order valence-corrected chi connectivity index (χ2v) is 7.40. The molecule has 2 aliphatic rings. The van der Waals surface area contributed by atoms with Crippen LogP contribution in [0.3, 0.4) is 0 Å². The first-order valence-electron chi connectivity index (χ1n) is 6.99. The molecule has 0 bridgehead atoms. The molecule has 1 aromatic rings. The van der Waals surface area contributed by atoms with Gasteiger partial charge in [-0.25, -0.2) is 8.42 Å². The maximum Gasteiger partial charge on any atom is 0.243 e. The monoisotopic (exact) mass is 296 g/mol. The van der Waals surface area contributed by atoms with Crippen molar-refractivity contribution in [3.05, 3.63) is 24.3 Å². The Hall–Kier alpha value is -1.11. The number of fused-ring (bicyclic) bond motifs is 1. The summed E-state index contributed by atoms with van der Waals surface area (Å²) in [6.07, 6.45) is 2.25. The summed E-state index contributed by atoms with van der Waals surface area (Å²) < 4.78 is 31.9. The van der Waals surface area contributed by atoms with Crippen molar-refractivity contribution in [1.82, 2.24) is 9.62 Å². The molecule has 1 N–H and O–H groups in total. The molecule has 20 heavy (non-hydrogen) atoms. The van der Waals surface area contributed by atoms with Crippen molar-refractivity contribution >= 4 is 10.0 Å². The van der Waals surface area contributed by atoms with Crippen molar-refractivity contribution in [2.24, 2.45) is 5.92 Å². The Morgan fingerprint density at radius 2 is 2.00 bits per heavy atom. The first-order chi connectivity index (χ1) is 9.61. The molecular weight excluding hydrogens is 276 g/mol. The third-order valence-electron chi connectivity index (χ3n) is 4.26. The summed E-state index contributed by atoms with van der Waals surface area (Å²) in [5.74, 6) is 1.12. The van der Waals surface area contributed by atoms with Crippen LogP contribution in [-0.2, 0) is 10.0 Å². The van der Waals surface area contributed by atoms with Gasteiger partial charge in [0.25, 0.3) is 0 Å². The maximum atomic E-state index is 12.6. The Morgan fingerprint density at radius 1 is 1.25 bits per heavy atom. The zero-order valence-corrected chi connectivity index (χ0v) is 12.4. The standard InChI is InChI=1S/C14H20N2O3S/c1-19-12-4-6-13(7-5-12)20(17,18)16-9-11-3-2-8-15-14(11)10-16/h4-7,11,14-15H,2-3,8-10H2,1H3/t11-,14+/m0/s1. The molecule has 6 heteroatoms. The van der Waals surface area contributed by atoms with Gasteiger partial charge in [-0.3, -0.25) is 0 Å². The molecule has 0 saturated carbocycles. The maximum absolute atomic E-state index is 12.6. The molecule has 1 aromatic carbocycles. The lowest BCUT2D eigenvalue weighted by Gasteiger charge is -2.24. The van der Waals surface area contributed by atoms with Crippen LogP contribution >= 0.6 is 0 Å². The highest BCUT2D eigenvalue weighted by molar-refractivity contribution is 7.89. The van der Waals surface area contributed by atoms with Crippen molar-refractivity contribution in [1.29, 1.82) is 0 Å². The predicted octanol–water partition coefficient (Wildman–Crippen LogP) is 1.07. The molecule has 0 radical (unpaired) electrons. The fraction of sp³-hybridized carbons (Fsp3) is 0.571. The van der Waals surface area contributed by atoms with Gasteiger partial charge in [0.1, 0.15) is 5.75 Å². The van der Waals surface area contributed by atoms with Crippen molar-refractivity contribution in [3.8, 4) is 5.75 Å². The Morgan fingerprint density at radius 3 is 2.65 bits per heavy atom. The van der Waals surface area contributed by atoms with Gasteiger partial charge >= 0.3 is 0 Å². The number of nitrogens with zero attached hydrogens (tertiary/aromatic N) is 1. The van der Waals surface area contributed by atoms with Gasteiger partial charge in [0.15, 0.2) is 0 Å². The van der Waals surface area contributed by atoms with Crippen LogP contribution in [0.5, 0.6) is 5.75 Å². The van der Waals surface area contributed by atoms with E-state index in [1.807, 2.05) is 0 Å². The number of nitrogens with one attached hydrogen (secondary N) is 1. The minimum absolute atomic E-state index is 0.316. The van der Waals surface area contributed by atoms with Crippen LogP contribution in [0, 0.1) is 5.92 Å². The first-order valence-corrected chi connectivity index (χ1v) is 8.43. The number of methoxy groups -OCH3 is 1. The van der Waals surface area contributed by atoms with Crippen LogP contribution in [0.4, 0.5) is 0 Å². The van der Waals surface area contributed by atoms with Crippen molar-refractivity contribution in [2.75, 3.05) is 26.7 Å². The molecule has 0 amide bonds. The summed E-state index contributed by atoms with van der Waals surface area (Å²) in [5, 5.41) is 3.43. The van der Waals surface area contributed by atoms with E-state index in [2.05, 4.69) is 5.32 Å². The van der Waals surface area contributed by atoms with E-state index in [1.54, 1.807) is 35.7 Å². The second kappa shape index (κ2) is 5.35. The fourth-order valence-electron chi connectivity index (χ4n) is 3.10. The van der Waals surface area contributed by atoms with Crippen molar-refractivity contribution < 1.29 is 13.2 Å². The zero-order valence-electron chi connectivity index (χ0n) is 11.6. The summed E-state index contributed by atoms with van der Waals surface area (Å²) in [6, 6.07) is 6.92. The van der Waals surface area contributed by atoms with E-state index in [9.17, 15) is 8.42 Å². The Bertz CT molecular complexity index is 557. The molecule has 0 spiro atoms. The Balaban J connectivity index is 1.81. The Kier molecular flexibility index (Phi) is 3.70. The largest absolute Gasteiger partial charge is 0.497 e. The van der Waals surface area contributed by atoms with Crippen LogP contribution in [-0.4, -0.2) is 45.5 Å². The second-order valence-electron chi connectivity index (χ2n) is 5.46. The summed E-state index contributed by atoms with van der Waals surface area (Å²) >= 11 is 0. The molecule has 2 aliphatic heterocycles.